The van der Waals surface area contributed by atoms with Crippen LogP contribution in [0.1, 0.15) is 49.9 Å². The molecular formula is C72H52N2O. The molecule has 15 rings (SSSR count). The number of furan rings is 1. The summed E-state index contributed by atoms with van der Waals surface area (Å²) in [6.07, 6.45) is 0. The van der Waals surface area contributed by atoms with Crippen molar-refractivity contribution in [3.8, 4) is 61.3 Å². The number of fused-ring (bicyclic) bond motifs is 12. The lowest BCUT2D eigenvalue weighted by Gasteiger charge is -2.31. The molecule has 0 amide bonds. The fourth-order valence-electron chi connectivity index (χ4n) is 13.2. The number of aromatic nitrogens is 1. The Kier molecular flexibility index (Phi) is 9.35. The first kappa shape index (κ1) is 43.4. The number of benzene rings is 11. The molecule has 0 saturated carbocycles. The van der Waals surface area contributed by atoms with E-state index in [0.29, 0.717) is 0 Å². The molecule has 0 radical (unpaired) electrons. The highest BCUT2D eigenvalue weighted by Gasteiger charge is 2.39. The van der Waals surface area contributed by atoms with Crippen LogP contribution in [0.15, 0.2) is 247 Å². The van der Waals surface area contributed by atoms with Gasteiger partial charge in [0.05, 0.1) is 22.4 Å². The average Bonchev–Trinajstić information content (AvgIpc) is 4.20. The Labute approximate surface area is 437 Å². The summed E-state index contributed by atoms with van der Waals surface area (Å²) < 4.78 is 8.63. The predicted molar refractivity (Wildman–Crippen MR) is 314 cm³/mol. The van der Waals surface area contributed by atoms with Crippen LogP contribution in [0.25, 0.3) is 105 Å². The third kappa shape index (κ3) is 6.41. The second-order valence-electron chi connectivity index (χ2n) is 21.6. The summed E-state index contributed by atoms with van der Waals surface area (Å²) in [6, 6.07) is 89.7. The van der Waals surface area contributed by atoms with Crippen molar-refractivity contribution < 1.29 is 4.42 Å². The van der Waals surface area contributed by atoms with E-state index in [1.54, 1.807) is 0 Å². The minimum absolute atomic E-state index is 0.152. The normalized spacial score (nSPS) is 13.8. The molecule has 356 valence electrons. The Morgan fingerprint density at radius 1 is 0.347 bits per heavy atom. The van der Waals surface area contributed by atoms with E-state index in [1.807, 2.05) is 12.1 Å². The van der Waals surface area contributed by atoms with Gasteiger partial charge in [-0.15, -0.1) is 0 Å². The van der Waals surface area contributed by atoms with Gasteiger partial charge in [0, 0.05) is 54.9 Å². The van der Waals surface area contributed by atoms with Crippen LogP contribution in [-0.2, 0) is 10.8 Å². The van der Waals surface area contributed by atoms with Crippen molar-refractivity contribution in [2.24, 2.45) is 0 Å². The molecule has 11 aromatic carbocycles. The largest absolute Gasteiger partial charge is 0.456 e. The first-order valence-corrected chi connectivity index (χ1v) is 26.2. The molecule has 2 heterocycles. The third-order valence-corrected chi connectivity index (χ3v) is 16.8. The molecule has 0 unspecified atom stereocenters. The molecule has 3 nitrogen and oxygen atoms in total. The fourth-order valence-corrected chi connectivity index (χ4v) is 13.2. The van der Waals surface area contributed by atoms with Gasteiger partial charge in [0.25, 0.3) is 0 Å². The van der Waals surface area contributed by atoms with Crippen LogP contribution in [0, 0.1) is 0 Å². The summed E-state index contributed by atoms with van der Waals surface area (Å²) in [5.74, 6) is 0. The summed E-state index contributed by atoms with van der Waals surface area (Å²) in [5.41, 5.74) is 26.2. The Bertz CT molecular complexity index is 4470. The molecule has 0 saturated heterocycles. The van der Waals surface area contributed by atoms with Crippen LogP contribution >= 0.6 is 0 Å². The Morgan fingerprint density at radius 2 is 0.947 bits per heavy atom. The Balaban J connectivity index is 0.868. The average molecular weight is 961 g/mol. The van der Waals surface area contributed by atoms with E-state index in [-0.39, 0.29) is 10.8 Å². The maximum absolute atomic E-state index is 6.22. The minimum Gasteiger partial charge on any atom is -0.456 e. The lowest BCUT2D eigenvalue weighted by Crippen LogP contribution is -2.16. The van der Waals surface area contributed by atoms with Gasteiger partial charge in [0.1, 0.15) is 11.2 Å². The molecule has 0 spiro atoms. The molecule has 13 aromatic rings. The van der Waals surface area contributed by atoms with E-state index in [1.165, 1.54) is 99.9 Å². The molecule has 2 aliphatic rings. The number of anilines is 3. The second kappa shape index (κ2) is 16.2. The highest BCUT2D eigenvalue weighted by Crippen LogP contribution is 2.56. The van der Waals surface area contributed by atoms with Crippen LogP contribution in [0.2, 0.25) is 0 Å². The zero-order chi connectivity index (χ0) is 50.2. The maximum atomic E-state index is 6.22. The SMILES string of the molecule is CC1(C)c2ccc(-c3ccccc3N(c3ccc(-c4ccc5oc6ccccc6c5c4)cc3)c3cccc4c3-c3ccccc3C4(C)C)cc2-c2ccc(-c3cccc4c3c3ccccc3n4-c3ccccc3)cc21. The van der Waals surface area contributed by atoms with Crippen molar-refractivity contribution in [2.75, 3.05) is 4.90 Å². The number of para-hydroxylation sites is 4. The van der Waals surface area contributed by atoms with E-state index in [2.05, 4.69) is 268 Å². The standard InChI is InChI=1S/C72H52N2O/c1-71(2)59-25-12-8-22-55(59)70-61(71)26-17-30-66(70)74(50-37-32-45(33-38-50)46-36-41-68-58(42-46)54-21-11-15-31-67(54)75-68)63-27-13-9-20-51(63)47-35-40-60-57(43-47)53-39-34-48(44-62(53)72(60,3)4)52-24-16-29-65-69(52)56-23-10-14-28-64(56)73(65)49-18-6-5-7-19-49/h5-44H,1-4H3. The van der Waals surface area contributed by atoms with E-state index >= 15 is 0 Å². The van der Waals surface area contributed by atoms with Crippen molar-refractivity contribution in [1.29, 1.82) is 0 Å². The molecule has 0 bridgehead atoms. The van der Waals surface area contributed by atoms with Gasteiger partial charge in [0.2, 0.25) is 0 Å². The fraction of sp³-hybridized carbons (Fsp3) is 0.0833. The smallest absolute Gasteiger partial charge is 0.135 e. The first-order valence-electron chi connectivity index (χ1n) is 26.2. The van der Waals surface area contributed by atoms with Crippen molar-refractivity contribution >= 4 is 60.8 Å². The highest BCUT2D eigenvalue weighted by molar-refractivity contribution is 6.16. The van der Waals surface area contributed by atoms with Crippen molar-refractivity contribution in [2.45, 2.75) is 38.5 Å². The summed E-state index contributed by atoms with van der Waals surface area (Å²) >= 11 is 0. The van der Waals surface area contributed by atoms with Gasteiger partial charge < -0.3 is 13.9 Å². The van der Waals surface area contributed by atoms with Gasteiger partial charge in [-0.2, -0.15) is 0 Å². The summed E-state index contributed by atoms with van der Waals surface area (Å²) in [5, 5.41) is 4.81. The Hall–Kier alpha value is -9.18. The third-order valence-electron chi connectivity index (χ3n) is 16.8. The summed E-state index contributed by atoms with van der Waals surface area (Å²) in [7, 11) is 0. The summed E-state index contributed by atoms with van der Waals surface area (Å²) in [6.45, 7) is 9.53. The molecule has 2 aromatic heterocycles. The molecular weight excluding hydrogens is 909 g/mol. The van der Waals surface area contributed by atoms with E-state index in [9.17, 15) is 0 Å². The van der Waals surface area contributed by atoms with Crippen LogP contribution in [0.5, 0.6) is 0 Å². The zero-order valence-corrected chi connectivity index (χ0v) is 42.4. The monoisotopic (exact) mass is 960 g/mol. The van der Waals surface area contributed by atoms with Gasteiger partial charge in [-0.05, 0) is 146 Å². The Morgan fingerprint density at radius 3 is 1.81 bits per heavy atom. The maximum Gasteiger partial charge on any atom is 0.135 e. The van der Waals surface area contributed by atoms with Gasteiger partial charge in [-0.1, -0.05) is 191 Å². The first-order chi connectivity index (χ1) is 36.7. The number of rotatable bonds is 7. The lowest BCUT2D eigenvalue weighted by molar-refractivity contribution is 0.660. The number of nitrogens with zero attached hydrogens (tertiary/aromatic N) is 2. The quantitative estimate of drug-likeness (QED) is 0.159. The van der Waals surface area contributed by atoms with Crippen molar-refractivity contribution in [3.05, 3.63) is 265 Å². The van der Waals surface area contributed by atoms with Crippen LogP contribution in [0.4, 0.5) is 17.1 Å². The summed E-state index contributed by atoms with van der Waals surface area (Å²) in [4.78, 5) is 2.51. The van der Waals surface area contributed by atoms with Gasteiger partial charge in [-0.3, -0.25) is 0 Å². The van der Waals surface area contributed by atoms with Gasteiger partial charge in [-0.25, -0.2) is 0 Å². The predicted octanol–water partition coefficient (Wildman–Crippen LogP) is 19.8. The van der Waals surface area contributed by atoms with E-state index in [0.717, 1.165) is 44.4 Å². The number of hydrogen-bond donors (Lipinski definition) is 0. The molecule has 75 heavy (non-hydrogen) atoms. The van der Waals surface area contributed by atoms with Crippen LogP contribution in [-0.4, -0.2) is 4.57 Å². The molecule has 0 N–H and O–H groups in total. The molecule has 0 fully saturated rings. The van der Waals surface area contributed by atoms with Gasteiger partial charge >= 0.3 is 0 Å². The molecule has 3 heteroatoms. The van der Waals surface area contributed by atoms with Crippen molar-refractivity contribution in [1.82, 2.24) is 4.57 Å². The number of hydrogen-bond acceptors (Lipinski definition) is 2. The topological polar surface area (TPSA) is 21.3 Å². The van der Waals surface area contributed by atoms with E-state index in [4.69, 9.17) is 4.42 Å². The van der Waals surface area contributed by atoms with Crippen LogP contribution < -0.4 is 4.90 Å². The van der Waals surface area contributed by atoms with Gasteiger partial charge in [0.15, 0.2) is 0 Å². The minimum atomic E-state index is -0.210. The molecule has 0 atom stereocenters. The van der Waals surface area contributed by atoms with Crippen molar-refractivity contribution in [3.63, 3.8) is 0 Å². The highest BCUT2D eigenvalue weighted by atomic mass is 16.3. The lowest BCUT2D eigenvalue weighted by atomic mass is 9.81. The van der Waals surface area contributed by atoms with E-state index < -0.39 is 0 Å². The molecule has 2 aliphatic carbocycles. The van der Waals surface area contributed by atoms with Crippen LogP contribution in [0.3, 0.4) is 0 Å². The zero-order valence-electron chi connectivity index (χ0n) is 42.4. The second-order valence-corrected chi connectivity index (χ2v) is 21.6. The molecule has 0 aliphatic heterocycles.